The lowest BCUT2D eigenvalue weighted by molar-refractivity contribution is -0.348. The Morgan fingerprint density at radius 3 is 1.86 bits per heavy atom. The van der Waals surface area contributed by atoms with Crippen LogP contribution in [0.3, 0.4) is 0 Å². The summed E-state index contributed by atoms with van der Waals surface area (Å²) in [7, 11) is 0. The molecule has 0 bridgehead atoms. The zero-order valence-corrected chi connectivity index (χ0v) is 10.6. The van der Waals surface area contributed by atoms with Gasteiger partial charge in [0.1, 0.15) is 24.4 Å². The summed E-state index contributed by atoms with van der Waals surface area (Å²) in [6.07, 6.45) is -11.8. The second-order valence-corrected chi connectivity index (χ2v) is 4.74. The third-order valence-corrected chi connectivity index (χ3v) is 3.16. The van der Waals surface area contributed by atoms with Crippen molar-refractivity contribution in [3.63, 3.8) is 0 Å². The summed E-state index contributed by atoms with van der Waals surface area (Å²) in [4.78, 5) is 21.9. The maximum Gasteiger partial charge on any atom is 0.326 e. The van der Waals surface area contributed by atoms with E-state index in [-0.39, 0.29) is 0 Å². The van der Waals surface area contributed by atoms with Crippen molar-refractivity contribution in [1.29, 1.82) is 0 Å². The van der Waals surface area contributed by atoms with Gasteiger partial charge in [0.2, 0.25) is 0 Å². The number of carboxylic acid groups (broad SMARTS) is 1. The van der Waals surface area contributed by atoms with Crippen LogP contribution in [-0.4, -0.2) is 90.0 Å². The number of esters is 1. The summed E-state index contributed by atoms with van der Waals surface area (Å²) in [6, 6.07) is -1.72. The van der Waals surface area contributed by atoms with Crippen molar-refractivity contribution in [2.24, 2.45) is 5.73 Å². The number of hydrogen-bond acceptors (Lipinski definition) is 10. The Hall–Kier alpha value is -1.34. The molecule has 0 saturated heterocycles. The highest BCUT2D eigenvalue weighted by Gasteiger charge is 2.60. The largest absolute Gasteiger partial charge is 0.481 e. The first-order chi connectivity index (χ1) is 9.52. The van der Waals surface area contributed by atoms with Gasteiger partial charge < -0.3 is 46.2 Å². The minimum absolute atomic E-state index is 0.852. The second-order valence-electron chi connectivity index (χ2n) is 4.74. The van der Waals surface area contributed by atoms with Crippen LogP contribution in [-0.2, 0) is 14.3 Å². The van der Waals surface area contributed by atoms with Crippen molar-refractivity contribution in [2.75, 3.05) is 0 Å². The van der Waals surface area contributed by atoms with E-state index in [1.54, 1.807) is 0 Å². The number of carbonyl (C=O) groups is 2. The first kappa shape index (κ1) is 17.7. The van der Waals surface area contributed by atoms with E-state index in [0.717, 1.165) is 0 Å². The maximum absolute atomic E-state index is 11.5. The third kappa shape index (κ3) is 3.29. The van der Waals surface area contributed by atoms with Gasteiger partial charge >= 0.3 is 11.9 Å². The van der Waals surface area contributed by atoms with Gasteiger partial charge in [-0.15, -0.1) is 0 Å². The Balaban J connectivity index is 2.92. The molecule has 0 aromatic carbocycles. The summed E-state index contributed by atoms with van der Waals surface area (Å²) in [5.74, 6) is -6.09. The quantitative estimate of drug-likeness (QED) is 0.181. The topological polar surface area (TPSA) is 211 Å². The molecule has 7 atom stereocenters. The van der Waals surface area contributed by atoms with Gasteiger partial charge in [-0.3, -0.25) is 9.59 Å². The van der Waals surface area contributed by atoms with Crippen LogP contribution in [0, 0.1) is 0 Å². The minimum atomic E-state index is -3.16. The molecule has 1 rings (SSSR count). The Kier molecular flexibility index (Phi) is 5.22. The van der Waals surface area contributed by atoms with Gasteiger partial charge in [0.05, 0.1) is 6.42 Å². The van der Waals surface area contributed by atoms with Crippen LogP contribution >= 0.6 is 0 Å². The smallest absolute Gasteiger partial charge is 0.326 e. The van der Waals surface area contributed by atoms with E-state index in [9.17, 15) is 40.2 Å². The van der Waals surface area contributed by atoms with Crippen molar-refractivity contribution in [3.8, 4) is 0 Å². The van der Waals surface area contributed by atoms with Gasteiger partial charge in [-0.1, -0.05) is 0 Å². The molecule has 0 unspecified atom stereocenters. The molecule has 122 valence electrons. The molecule has 0 radical (unpaired) electrons. The Morgan fingerprint density at radius 2 is 1.48 bits per heavy atom. The van der Waals surface area contributed by atoms with E-state index < -0.39 is 60.7 Å². The van der Waals surface area contributed by atoms with Gasteiger partial charge in [0.25, 0.3) is 5.79 Å². The van der Waals surface area contributed by atoms with Gasteiger partial charge in [-0.2, -0.15) is 0 Å². The van der Waals surface area contributed by atoms with Crippen molar-refractivity contribution in [2.45, 2.75) is 48.8 Å². The van der Waals surface area contributed by atoms with E-state index in [2.05, 4.69) is 4.74 Å². The molecule has 0 aromatic rings. The standard InChI is InChI=1S/C10H17NO10/c11-2(1-3(12)13)9(19)21-10(20)7(17)5(15)4(14)6(16)8(10)18/h2,4-8,14-18,20H,1,11H2,(H,12,13)/t2-,4-,5-,6+,7+,8+,10-/m0/s1. The normalized spacial score (nSPS) is 41.4. The average Bonchev–Trinajstić information content (AvgIpc) is 2.40. The summed E-state index contributed by atoms with van der Waals surface area (Å²) in [6.45, 7) is 0. The summed E-state index contributed by atoms with van der Waals surface area (Å²) < 4.78 is 4.35. The molecule has 11 nitrogen and oxygen atoms in total. The van der Waals surface area contributed by atoms with Crippen LogP contribution in [0.2, 0.25) is 0 Å². The minimum Gasteiger partial charge on any atom is -0.481 e. The van der Waals surface area contributed by atoms with Crippen molar-refractivity contribution in [3.05, 3.63) is 0 Å². The SMILES string of the molecule is N[C@@H](CC(=O)O)C(=O)O[C@]1(O)[C@H](O)[C@H](O)[C@@H](O)[C@H](O)[C@H]1O. The highest BCUT2D eigenvalue weighted by Crippen LogP contribution is 2.31. The maximum atomic E-state index is 11.5. The second kappa shape index (κ2) is 6.19. The van der Waals surface area contributed by atoms with Crippen LogP contribution in [0.4, 0.5) is 0 Å². The van der Waals surface area contributed by atoms with E-state index in [1.807, 2.05) is 0 Å². The van der Waals surface area contributed by atoms with Crippen LogP contribution in [0.15, 0.2) is 0 Å². The van der Waals surface area contributed by atoms with Crippen LogP contribution in [0.1, 0.15) is 6.42 Å². The predicted octanol–water partition coefficient (Wildman–Crippen LogP) is -5.16. The summed E-state index contributed by atoms with van der Waals surface area (Å²) >= 11 is 0. The molecule has 1 aliphatic carbocycles. The molecule has 11 heteroatoms. The number of carboxylic acids is 1. The molecule has 9 N–H and O–H groups in total. The molecular weight excluding hydrogens is 294 g/mol. The van der Waals surface area contributed by atoms with Gasteiger partial charge in [-0.05, 0) is 0 Å². The predicted molar refractivity (Wildman–Crippen MR) is 61.3 cm³/mol. The van der Waals surface area contributed by atoms with Crippen molar-refractivity contribution < 1.29 is 50.1 Å². The van der Waals surface area contributed by atoms with E-state index >= 15 is 0 Å². The molecule has 0 heterocycles. The van der Waals surface area contributed by atoms with E-state index in [0.29, 0.717) is 0 Å². The Morgan fingerprint density at radius 1 is 1.05 bits per heavy atom. The molecule has 0 amide bonds. The highest BCUT2D eigenvalue weighted by molar-refractivity contribution is 5.82. The van der Waals surface area contributed by atoms with Crippen LogP contribution < -0.4 is 5.73 Å². The number of aliphatic carboxylic acids is 1. The van der Waals surface area contributed by atoms with Gasteiger partial charge in [-0.25, -0.2) is 0 Å². The number of aliphatic hydroxyl groups excluding tert-OH is 5. The average molecular weight is 311 g/mol. The summed E-state index contributed by atoms with van der Waals surface area (Å²) in [5, 5.41) is 65.8. The lowest BCUT2D eigenvalue weighted by Crippen LogP contribution is -2.72. The number of carbonyl (C=O) groups excluding carboxylic acids is 1. The summed E-state index contributed by atoms with van der Waals surface area (Å²) in [5.41, 5.74) is 5.18. The zero-order valence-electron chi connectivity index (χ0n) is 10.6. The molecule has 1 saturated carbocycles. The molecule has 0 aliphatic heterocycles. The molecule has 0 aromatic heterocycles. The zero-order chi connectivity index (χ0) is 16.5. The Bertz CT molecular complexity index is 399. The molecule has 21 heavy (non-hydrogen) atoms. The highest BCUT2D eigenvalue weighted by atomic mass is 16.7. The fraction of sp³-hybridized carbons (Fsp3) is 0.800. The van der Waals surface area contributed by atoms with Crippen molar-refractivity contribution in [1.82, 2.24) is 0 Å². The molecule has 1 aliphatic rings. The number of nitrogens with two attached hydrogens (primary N) is 1. The van der Waals surface area contributed by atoms with Gasteiger partial charge in [0, 0.05) is 0 Å². The number of ether oxygens (including phenoxy) is 1. The third-order valence-electron chi connectivity index (χ3n) is 3.16. The lowest BCUT2D eigenvalue weighted by Gasteiger charge is -2.46. The van der Waals surface area contributed by atoms with Crippen molar-refractivity contribution >= 4 is 11.9 Å². The number of aliphatic hydroxyl groups is 6. The van der Waals surface area contributed by atoms with E-state index in [1.165, 1.54) is 0 Å². The van der Waals surface area contributed by atoms with E-state index in [4.69, 9.17) is 10.8 Å². The van der Waals surface area contributed by atoms with Gasteiger partial charge in [0.15, 0.2) is 12.2 Å². The first-order valence-electron chi connectivity index (χ1n) is 5.85. The number of rotatable bonds is 4. The lowest BCUT2D eigenvalue weighted by atomic mass is 9.82. The fourth-order valence-corrected chi connectivity index (χ4v) is 1.87. The fourth-order valence-electron chi connectivity index (χ4n) is 1.87. The Labute approximate surface area is 117 Å². The molecule has 0 spiro atoms. The number of hydrogen-bond donors (Lipinski definition) is 8. The van der Waals surface area contributed by atoms with Crippen LogP contribution in [0.25, 0.3) is 0 Å². The molecule has 1 fully saturated rings. The van der Waals surface area contributed by atoms with Crippen LogP contribution in [0.5, 0.6) is 0 Å². The monoisotopic (exact) mass is 311 g/mol. The molecular formula is C10H17NO10. The first-order valence-corrected chi connectivity index (χ1v) is 5.85.